The van der Waals surface area contributed by atoms with Crippen LogP contribution in [0.4, 0.5) is 4.39 Å². The molecule has 1 amide bonds. The number of aryl methyl sites for hydroxylation is 1. The number of amides is 1. The Kier molecular flexibility index (Phi) is 8.76. The van der Waals surface area contributed by atoms with E-state index >= 15 is 0 Å². The quantitative estimate of drug-likeness (QED) is 0.312. The lowest BCUT2D eigenvalue weighted by atomic mass is 9.63. The van der Waals surface area contributed by atoms with Crippen molar-refractivity contribution in [3.63, 3.8) is 0 Å². The van der Waals surface area contributed by atoms with Gasteiger partial charge in [-0.15, -0.1) is 0 Å². The Morgan fingerprint density at radius 3 is 2.61 bits per heavy atom. The smallest absolute Gasteiger partial charge is 0.223 e. The number of primary amides is 1. The van der Waals surface area contributed by atoms with E-state index in [1.54, 1.807) is 13.0 Å². The first-order valence-electron chi connectivity index (χ1n) is 12.0. The predicted octanol–water partition coefficient (Wildman–Crippen LogP) is 4.83. The van der Waals surface area contributed by atoms with E-state index in [1.807, 2.05) is 20.0 Å². The van der Waals surface area contributed by atoms with Crippen LogP contribution in [0, 0.1) is 24.1 Å². The number of halogens is 1. The molecule has 0 heterocycles. The van der Waals surface area contributed by atoms with E-state index in [0.717, 1.165) is 62.5 Å². The third kappa shape index (κ3) is 6.46. The van der Waals surface area contributed by atoms with Crippen LogP contribution in [-0.4, -0.2) is 30.8 Å². The Balaban J connectivity index is 0.000000189. The first-order valence-corrected chi connectivity index (χ1v) is 12.8. The third-order valence-electron chi connectivity index (χ3n) is 7.54. The first kappa shape index (κ1) is 25.9. The number of carbonyl (C=O) groups is 2. The summed E-state index contributed by atoms with van der Waals surface area (Å²) in [5, 5.41) is 3.34. The minimum absolute atomic E-state index is 0.144. The van der Waals surface area contributed by atoms with Crippen LogP contribution >= 0.6 is 11.9 Å². The highest BCUT2D eigenvalue weighted by molar-refractivity contribution is 7.97. The number of allylic oxidation sites excluding steroid dienone is 1. The predicted molar refractivity (Wildman–Crippen MR) is 132 cm³/mol. The summed E-state index contributed by atoms with van der Waals surface area (Å²) in [5.74, 6) is 0.238. The van der Waals surface area contributed by atoms with E-state index in [9.17, 15) is 14.0 Å². The van der Waals surface area contributed by atoms with Crippen molar-refractivity contribution in [2.45, 2.75) is 88.1 Å². The molecule has 7 heteroatoms. The van der Waals surface area contributed by atoms with E-state index in [0.29, 0.717) is 17.5 Å². The molecule has 5 nitrogen and oxygen atoms in total. The van der Waals surface area contributed by atoms with Gasteiger partial charge in [0, 0.05) is 10.9 Å². The summed E-state index contributed by atoms with van der Waals surface area (Å²) < 4.78 is 16.6. The van der Waals surface area contributed by atoms with E-state index in [4.69, 9.17) is 5.73 Å². The second kappa shape index (κ2) is 11.2. The molecule has 1 aromatic carbocycles. The summed E-state index contributed by atoms with van der Waals surface area (Å²) in [4.78, 5) is 23.6. The summed E-state index contributed by atoms with van der Waals surface area (Å²) in [6.07, 6.45) is 12.5. The van der Waals surface area contributed by atoms with Gasteiger partial charge in [0.15, 0.2) is 0 Å². The molecule has 2 fully saturated rings. The van der Waals surface area contributed by atoms with Crippen molar-refractivity contribution in [1.29, 1.82) is 0 Å². The van der Waals surface area contributed by atoms with Gasteiger partial charge in [-0.1, -0.05) is 43.9 Å². The molecule has 4 N–H and O–H groups in total. The molecule has 1 aromatic rings. The molecule has 2 bridgehead atoms. The van der Waals surface area contributed by atoms with E-state index < -0.39 is 5.54 Å². The molecule has 0 aliphatic heterocycles. The van der Waals surface area contributed by atoms with Gasteiger partial charge in [0.1, 0.15) is 12.1 Å². The molecule has 0 spiro atoms. The van der Waals surface area contributed by atoms with Crippen molar-refractivity contribution in [3.05, 3.63) is 41.2 Å². The Morgan fingerprint density at radius 1 is 1.27 bits per heavy atom. The maximum Gasteiger partial charge on any atom is 0.223 e. The fourth-order valence-electron chi connectivity index (χ4n) is 5.32. The zero-order valence-corrected chi connectivity index (χ0v) is 20.9. The van der Waals surface area contributed by atoms with E-state index in [-0.39, 0.29) is 17.1 Å². The minimum Gasteiger partial charge on any atom is -0.369 e. The van der Waals surface area contributed by atoms with Crippen LogP contribution in [0.25, 0.3) is 0 Å². The van der Waals surface area contributed by atoms with Crippen molar-refractivity contribution in [2.24, 2.45) is 17.1 Å². The summed E-state index contributed by atoms with van der Waals surface area (Å²) in [5.41, 5.74) is 6.83. The van der Waals surface area contributed by atoms with Gasteiger partial charge in [-0.25, -0.2) is 9.11 Å². The third-order valence-corrected chi connectivity index (χ3v) is 8.53. The highest BCUT2D eigenvalue weighted by Crippen LogP contribution is 2.46. The van der Waals surface area contributed by atoms with Crippen LogP contribution in [0.5, 0.6) is 0 Å². The number of rotatable bonds is 6. The topological polar surface area (TPSA) is 84.2 Å². The fraction of sp³-hybridized carbons (Fsp3) is 0.615. The minimum atomic E-state index is -0.426. The lowest BCUT2D eigenvalue weighted by molar-refractivity contribution is -0.128. The fourth-order valence-corrected chi connectivity index (χ4v) is 6.20. The lowest BCUT2D eigenvalue weighted by Crippen LogP contribution is -2.46. The van der Waals surface area contributed by atoms with Crippen molar-refractivity contribution in [3.8, 4) is 0 Å². The number of nitrogens with one attached hydrogen (secondary N) is 2. The molecule has 3 unspecified atom stereocenters. The molecular weight excluding hydrogens is 437 g/mol. The molecule has 33 heavy (non-hydrogen) atoms. The molecule has 2 saturated carbocycles. The van der Waals surface area contributed by atoms with Gasteiger partial charge in [-0.3, -0.25) is 4.79 Å². The van der Waals surface area contributed by atoms with Crippen molar-refractivity contribution in [2.75, 3.05) is 7.05 Å². The zero-order valence-electron chi connectivity index (χ0n) is 20.1. The monoisotopic (exact) mass is 475 g/mol. The van der Waals surface area contributed by atoms with Gasteiger partial charge >= 0.3 is 0 Å². The van der Waals surface area contributed by atoms with E-state index in [1.165, 1.54) is 30.0 Å². The summed E-state index contributed by atoms with van der Waals surface area (Å²) in [6.45, 7) is 3.75. The van der Waals surface area contributed by atoms with Gasteiger partial charge in [-0.2, -0.15) is 0 Å². The standard InChI is InChI=1S/C14H18FNOS.C12H20N2O/c1-11-5-6-12(9-13(11)15)18-16-14(10-17)7-3-2-4-8-14;1-12(11(13)15)6-8-3-4-10(14-2)9(5-8)7-12/h5-6,9-10,16H,2-4,7-8H2,1H3;3,9-10,14H,4-7H2,1-2H3,(H2,13,15). The molecule has 0 radical (unpaired) electrons. The highest BCUT2D eigenvalue weighted by atomic mass is 32.2. The lowest BCUT2D eigenvalue weighted by Gasteiger charge is -2.43. The normalized spacial score (nSPS) is 28.2. The number of fused-ring (bicyclic) bond motifs is 2. The molecule has 3 atom stereocenters. The maximum absolute atomic E-state index is 13.4. The SMILES string of the molecule is CNC1CC=C2CC1CC(C)(C(N)=O)C2.Cc1ccc(SNC2(C=O)CCCCC2)cc1F. The molecule has 3 aliphatic rings. The average molecular weight is 476 g/mol. The largest absolute Gasteiger partial charge is 0.369 e. The van der Waals surface area contributed by atoms with Crippen LogP contribution in [0.1, 0.15) is 70.3 Å². The Bertz CT molecular complexity index is 884. The van der Waals surface area contributed by atoms with Gasteiger partial charge in [0.2, 0.25) is 5.91 Å². The number of aldehydes is 1. The summed E-state index contributed by atoms with van der Waals surface area (Å²) in [7, 11) is 2.00. The Hall–Kier alpha value is -1.70. The average Bonchev–Trinajstić information content (AvgIpc) is 2.81. The van der Waals surface area contributed by atoms with Crippen LogP contribution in [0.2, 0.25) is 0 Å². The molecule has 0 aromatic heterocycles. The zero-order chi connectivity index (χ0) is 24.1. The number of hydrogen-bond donors (Lipinski definition) is 3. The molecule has 182 valence electrons. The molecule has 3 aliphatic carbocycles. The van der Waals surface area contributed by atoms with E-state index in [2.05, 4.69) is 16.1 Å². The molecule has 4 rings (SSSR count). The number of hydrogen-bond acceptors (Lipinski definition) is 5. The highest BCUT2D eigenvalue weighted by Gasteiger charge is 2.42. The van der Waals surface area contributed by atoms with Crippen molar-refractivity contribution >= 4 is 24.1 Å². The van der Waals surface area contributed by atoms with Crippen molar-refractivity contribution < 1.29 is 14.0 Å². The Morgan fingerprint density at radius 2 is 2.00 bits per heavy atom. The second-order valence-electron chi connectivity index (χ2n) is 10.2. The summed E-state index contributed by atoms with van der Waals surface area (Å²) in [6, 6.07) is 5.66. The Labute approximate surface area is 201 Å². The number of carbonyl (C=O) groups excluding carboxylic acids is 2. The van der Waals surface area contributed by atoms with Gasteiger partial charge < -0.3 is 15.8 Å². The van der Waals surface area contributed by atoms with Gasteiger partial charge in [-0.05, 0) is 88.1 Å². The van der Waals surface area contributed by atoms with Crippen LogP contribution in [0.15, 0.2) is 34.7 Å². The molecule has 0 saturated heterocycles. The maximum atomic E-state index is 13.4. The second-order valence-corrected chi connectivity index (χ2v) is 11.1. The van der Waals surface area contributed by atoms with Crippen LogP contribution < -0.4 is 15.8 Å². The van der Waals surface area contributed by atoms with Crippen molar-refractivity contribution in [1.82, 2.24) is 10.0 Å². The summed E-state index contributed by atoms with van der Waals surface area (Å²) >= 11 is 1.35. The number of benzene rings is 1. The first-order chi connectivity index (χ1) is 15.7. The van der Waals surface area contributed by atoms with Crippen LogP contribution in [0.3, 0.4) is 0 Å². The molecular formula is C26H38FN3O2S. The van der Waals surface area contributed by atoms with Gasteiger partial charge in [0.25, 0.3) is 0 Å². The number of nitrogens with two attached hydrogens (primary N) is 1. The van der Waals surface area contributed by atoms with Gasteiger partial charge in [0.05, 0.1) is 11.0 Å². The van der Waals surface area contributed by atoms with Crippen LogP contribution in [-0.2, 0) is 9.59 Å².